The minimum absolute atomic E-state index is 0.141. The van der Waals surface area contributed by atoms with Gasteiger partial charge in [0.05, 0.1) is 19.3 Å². The highest BCUT2D eigenvalue weighted by Crippen LogP contribution is 2.40. The molecule has 1 aromatic carbocycles. The molecule has 1 aromatic rings. The van der Waals surface area contributed by atoms with Crippen molar-refractivity contribution in [2.75, 3.05) is 60.2 Å². The van der Waals surface area contributed by atoms with Crippen LogP contribution < -0.4 is 10.6 Å². The van der Waals surface area contributed by atoms with E-state index in [2.05, 4.69) is 20.5 Å². The molecule has 2 aliphatic rings. The van der Waals surface area contributed by atoms with E-state index in [0.29, 0.717) is 12.0 Å². The minimum atomic E-state index is -0.206. The topological polar surface area (TPSA) is 58.1 Å². The van der Waals surface area contributed by atoms with Crippen LogP contribution in [0.5, 0.6) is 0 Å². The van der Waals surface area contributed by atoms with Gasteiger partial charge in [-0.15, -0.1) is 0 Å². The molecule has 1 unspecified atom stereocenters. The number of morpholine rings is 1. The van der Waals surface area contributed by atoms with E-state index < -0.39 is 0 Å². The molecule has 3 rings (SSSR count). The van der Waals surface area contributed by atoms with Crippen LogP contribution in [0.4, 0.5) is 4.39 Å². The molecule has 30 heavy (non-hydrogen) atoms. The molecule has 7 heteroatoms. The van der Waals surface area contributed by atoms with Gasteiger partial charge in [-0.05, 0) is 42.4 Å². The maximum absolute atomic E-state index is 13.4. The summed E-state index contributed by atoms with van der Waals surface area (Å²) in [7, 11) is 3.59. The van der Waals surface area contributed by atoms with Crippen molar-refractivity contribution in [3.63, 3.8) is 0 Å². The van der Waals surface area contributed by atoms with E-state index >= 15 is 0 Å². The van der Waals surface area contributed by atoms with Crippen LogP contribution in [0.25, 0.3) is 0 Å². The first-order valence-corrected chi connectivity index (χ1v) is 11.2. The molecule has 6 nitrogen and oxygen atoms in total. The fourth-order valence-electron chi connectivity index (χ4n) is 4.68. The maximum Gasteiger partial charge on any atom is 0.191 e. The van der Waals surface area contributed by atoms with E-state index in [0.717, 1.165) is 57.4 Å². The Labute approximate surface area is 180 Å². The molecule has 1 saturated carbocycles. The van der Waals surface area contributed by atoms with Gasteiger partial charge in [-0.2, -0.15) is 0 Å². The zero-order valence-electron chi connectivity index (χ0n) is 18.5. The van der Waals surface area contributed by atoms with Gasteiger partial charge in [0, 0.05) is 46.9 Å². The van der Waals surface area contributed by atoms with Crippen LogP contribution in [0.3, 0.4) is 0 Å². The Balaban J connectivity index is 1.60. The molecule has 168 valence electrons. The highest BCUT2D eigenvalue weighted by Gasteiger charge is 2.33. The molecule has 1 aliphatic heterocycles. The van der Waals surface area contributed by atoms with E-state index in [9.17, 15) is 4.39 Å². The lowest BCUT2D eigenvalue weighted by molar-refractivity contribution is 0.0169. The fourth-order valence-corrected chi connectivity index (χ4v) is 4.68. The summed E-state index contributed by atoms with van der Waals surface area (Å²) < 4.78 is 24.3. The Morgan fingerprint density at radius 1 is 1.20 bits per heavy atom. The van der Waals surface area contributed by atoms with Gasteiger partial charge < -0.3 is 20.1 Å². The number of ether oxygens (including phenoxy) is 2. The van der Waals surface area contributed by atoms with Crippen LogP contribution in [-0.4, -0.2) is 71.0 Å². The Bertz CT molecular complexity index is 656. The molecular formula is C23H37FN4O2. The lowest BCUT2D eigenvalue weighted by atomic mass is 9.83. The predicted molar refractivity (Wildman–Crippen MR) is 118 cm³/mol. The second-order valence-corrected chi connectivity index (χ2v) is 8.47. The lowest BCUT2D eigenvalue weighted by Gasteiger charge is -2.35. The first-order chi connectivity index (χ1) is 14.7. The second-order valence-electron chi connectivity index (χ2n) is 8.47. The Morgan fingerprint density at radius 2 is 1.90 bits per heavy atom. The van der Waals surface area contributed by atoms with Crippen molar-refractivity contribution in [3.05, 3.63) is 35.6 Å². The van der Waals surface area contributed by atoms with E-state index in [1.807, 2.05) is 19.2 Å². The average molecular weight is 421 g/mol. The molecule has 0 radical (unpaired) electrons. The molecule has 0 spiro atoms. The van der Waals surface area contributed by atoms with Crippen molar-refractivity contribution in [1.29, 1.82) is 0 Å². The monoisotopic (exact) mass is 420 g/mol. The highest BCUT2D eigenvalue weighted by molar-refractivity contribution is 5.79. The standard InChI is InChI=1S/C23H37FN4O2/c1-25-22(27-18-23(11-14-29-2)9-3-4-10-23)26-17-21(28-12-15-30-16-13-28)19-5-7-20(24)8-6-19/h5-8,21H,3-4,9-18H2,1-2H3,(H2,25,26,27). The number of hydrogen-bond acceptors (Lipinski definition) is 4. The third kappa shape index (κ3) is 6.40. The van der Waals surface area contributed by atoms with Crippen LogP contribution in [-0.2, 0) is 9.47 Å². The van der Waals surface area contributed by atoms with Gasteiger partial charge in [0.1, 0.15) is 5.82 Å². The molecule has 2 fully saturated rings. The molecule has 1 heterocycles. The summed E-state index contributed by atoms with van der Waals surface area (Å²) in [6.07, 6.45) is 6.15. The van der Waals surface area contributed by atoms with Gasteiger partial charge in [0.2, 0.25) is 0 Å². The fraction of sp³-hybridized carbons (Fsp3) is 0.696. The van der Waals surface area contributed by atoms with Crippen molar-refractivity contribution in [2.24, 2.45) is 10.4 Å². The van der Waals surface area contributed by atoms with Gasteiger partial charge >= 0.3 is 0 Å². The third-order valence-corrected chi connectivity index (χ3v) is 6.56. The number of nitrogens with one attached hydrogen (secondary N) is 2. The van der Waals surface area contributed by atoms with Crippen LogP contribution in [0.1, 0.15) is 43.7 Å². The number of aliphatic imine (C=N–C) groups is 1. The van der Waals surface area contributed by atoms with Gasteiger partial charge in [-0.1, -0.05) is 25.0 Å². The van der Waals surface area contributed by atoms with E-state index in [-0.39, 0.29) is 11.9 Å². The molecule has 0 bridgehead atoms. The quantitative estimate of drug-likeness (QED) is 0.475. The first-order valence-electron chi connectivity index (χ1n) is 11.2. The number of halogens is 1. The zero-order chi connectivity index (χ0) is 21.2. The largest absolute Gasteiger partial charge is 0.385 e. The van der Waals surface area contributed by atoms with Crippen molar-refractivity contribution in [1.82, 2.24) is 15.5 Å². The van der Waals surface area contributed by atoms with Crippen LogP contribution in [0.2, 0.25) is 0 Å². The maximum atomic E-state index is 13.4. The Kier molecular flexibility index (Phi) is 8.90. The van der Waals surface area contributed by atoms with Crippen LogP contribution in [0.15, 0.2) is 29.3 Å². The minimum Gasteiger partial charge on any atom is -0.385 e. The number of benzene rings is 1. The predicted octanol–water partition coefficient (Wildman–Crippen LogP) is 2.96. The van der Waals surface area contributed by atoms with Crippen molar-refractivity contribution in [3.8, 4) is 0 Å². The molecule has 2 N–H and O–H groups in total. The van der Waals surface area contributed by atoms with Gasteiger partial charge in [-0.3, -0.25) is 9.89 Å². The van der Waals surface area contributed by atoms with Crippen molar-refractivity contribution in [2.45, 2.75) is 38.1 Å². The van der Waals surface area contributed by atoms with Gasteiger partial charge in [0.25, 0.3) is 0 Å². The molecule has 0 aromatic heterocycles. The Hall–Kier alpha value is -1.70. The normalized spacial score (nSPS) is 20.8. The van der Waals surface area contributed by atoms with Crippen molar-refractivity contribution < 1.29 is 13.9 Å². The number of nitrogens with zero attached hydrogens (tertiary/aromatic N) is 2. The number of hydrogen-bond donors (Lipinski definition) is 2. The van der Waals surface area contributed by atoms with E-state index in [1.54, 1.807) is 7.11 Å². The summed E-state index contributed by atoms with van der Waals surface area (Å²) in [4.78, 5) is 6.84. The molecule has 1 atom stereocenters. The number of rotatable bonds is 9. The van der Waals surface area contributed by atoms with Crippen LogP contribution >= 0.6 is 0 Å². The molecule has 1 saturated heterocycles. The molecular weight excluding hydrogens is 383 g/mol. The first kappa shape index (κ1) is 23.0. The Morgan fingerprint density at radius 3 is 2.53 bits per heavy atom. The summed E-state index contributed by atoms with van der Waals surface area (Å²) in [5.74, 6) is 0.613. The van der Waals surface area contributed by atoms with Crippen molar-refractivity contribution >= 4 is 5.96 Å². The average Bonchev–Trinajstić information content (AvgIpc) is 3.25. The summed E-state index contributed by atoms with van der Waals surface area (Å²) in [6, 6.07) is 6.98. The van der Waals surface area contributed by atoms with E-state index in [4.69, 9.17) is 9.47 Å². The molecule has 1 aliphatic carbocycles. The van der Waals surface area contributed by atoms with Gasteiger partial charge in [-0.25, -0.2) is 4.39 Å². The summed E-state index contributed by atoms with van der Waals surface area (Å²) in [6.45, 7) is 5.62. The smallest absolute Gasteiger partial charge is 0.191 e. The summed E-state index contributed by atoms with van der Waals surface area (Å²) in [5, 5.41) is 7.07. The SMILES string of the molecule is CN=C(NCC(c1ccc(F)cc1)N1CCOCC1)NCC1(CCOC)CCCC1. The number of guanidine groups is 1. The third-order valence-electron chi connectivity index (χ3n) is 6.56. The summed E-state index contributed by atoms with van der Waals surface area (Å²) >= 11 is 0. The van der Waals surface area contributed by atoms with E-state index in [1.165, 1.54) is 37.8 Å². The molecule has 0 amide bonds. The second kappa shape index (κ2) is 11.6. The number of methoxy groups -OCH3 is 1. The van der Waals surface area contributed by atoms with Crippen LogP contribution in [0, 0.1) is 11.2 Å². The highest BCUT2D eigenvalue weighted by atomic mass is 19.1. The zero-order valence-corrected chi connectivity index (χ0v) is 18.5. The lowest BCUT2D eigenvalue weighted by Crippen LogP contribution is -2.48. The van der Waals surface area contributed by atoms with Gasteiger partial charge in [0.15, 0.2) is 5.96 Å². The summed E-state index contributed by atoms with van der Waals surface area (Å²) in [5.41, 5.74) is 1.40.